The predicted octanol–water partition coefficient (Wildman–Crippen LogP) is 2.25. The van der Waals surface area contributed by atoms with Gasteiger partial charge in [-0.15, -0.1) is 0 Å². The zero-order valence-electron chi connectivity index (χ0n) is 11.4. The van der Waals surface area contributed by atoms with Crippen LogP contribution in [-0.2, 0) is 11.3 Å². The lowest BCUT2D eigenvalue weighted by atomic mass is 9.85. The molecule has 1 aromatic heterocycles. The Kier molecular flexibility index (Phi) is 4.99. The molecule has 0 spiro atoms. The van der Waals surface area contributed by atoms with Crippen LogP contribution in [0, 0.1) is 5.92 Å². The first kappa shape index (κ1) is 14.5. The van der Waals surface area contributed by atoms with E-state index in [1.807, 2.05) is 6.92 Å². The van der Waals surface area contributed by atoms with Crippen molar-refractivity contribution in [3.05, 3.63) is 21.0 Å². The van der Waals surface area contributed by atoms with E-state index in [0.29, 0.717) is 22.7 Å². The summed E-state index contributed by atoms with van der Waals surface area (Å²) in [6.07, 6.45) is 5.36. The van der Waals surface area contributed by atoms with Crippen LogP contribution in [0.4, 0.5) is 5.69 Å². The Hall–Kier alpha value is -0.880. The zero-order chi connectivity index (χ0) is 13.8. The Bertz CT molecular complexity index is 485. The molecule has 1 unspecified atom stereocenters. The van der Waals surface area contributed by atoms with Gasteiger partial charge in [0.2, 0.25) is 0 Å². The molecule has 1 saturated carbocycles. The molecule has 1 atom stereocenters. The topological polar surface area (TPSA) is 56.1 Å². The molecule has 1 aliphatic carbocycles. The van der Waals surface area contributed by atoms with E-state index in [1.54, 1.807) is 18.0 Å². The second kappa shape index (κ2) is 6.52. The van der Waals surface area contributed by atoms with Crippen molar-refractivity contribution in [2.75, 3.05) is 19.0 Å². The Labute approximate surface area is 121 Å². The molecular weight excluding hydrogens is 310 g/mol. The summed E-state index contributed by atoms with van der Waals surface area (Å²) < 4.78 is 7.34. The summed E-state index contributed by atoms with van der Waals surface area (Å²) >= 11 is 3.38. The average Bonchev–Trinajstić information content (AvgIpc) is 2.32. The van der Waals surface area contributed by atoms with E-state index in [0.717, 1.165) is 6.54 Å². The van der Waals surface area contributed by atoms with Gasteiger partial charge in [0, 0.05) is 19.7 Å². The molecule has 1 fully saturated rings. The maximum absolute atomic E-state index is 12.4. The summed E-state index contributed by atoms with van der Waals surface area (Å²) in [5.41, 5.74) is 0.503. The molecule has 5 nitrogen and oxygen atoms in total. The Morgan fingerprint density at radius 3 is 2.95 bits per heavy atom. The second-order valence-electron chi connectivity index (χ2n) is 5.15. The van der Waals surface area contributed by atoms with Gasteiger partial charge in [-0.1, -0.05) is 6.42 Å². The minimum atomic E-state index is -0.0655. The molecule has 1 N–H and O–H groups in total. The highest BCUT2D eigenvalue weighted by Gasteiger charge is 2.20. The summed E-state index contributed by atoms with van der Waals surface area (Å²) in [4.78, 5) is 12.4. The fourth-order valence-corrected chi connectivity index (χ4v) is 2.56. The normalized spacial score (nSPS) is 17.0. The predicted molar refractivity (Wildman–Crippen MR) is 78.5 cm³/mol. The van der Waals surface area contributed by atoms with E-state index in [9.17, 15) is 4.79 Å². The van der Waals surface area contributed by atoms with Crippen molar-refractivity contribution in [1.29, 1.82) is 0 Å². The molecule has 0 amide bonds. The van der Waals surface area contributed by atoms with Crippen molar-refractivity contribution >= 4 is 21.6 Å². The maximum Gasteiger partial charge on any atom is 0.291 e. The first-order chi connectivity index (χ1) is 9.11. The summed E-state index contributed by atoms with van der Waals surface area (Å²) in [6.45, 7) is 3.25. The molecule has 1 aromatic rings. The van der Waals surface area contributed by atoms with Gasteiger partial charge in [0.25, 0.3) is 5.56 Å². The molecule has 19 heavy (non-hydrogen) atoms. The van der Waals surface area contributed by atoms with Gasteiger partial charge in [-0.3, -0.25) is 4.79 Å². The van der Waals surface area contributed by atoms with Gasteiger partial charge in [-0.25, -0.2) is 4.68 Å². The number of hydrogen-bond acceptors (Lipinski definition) is 4. The monoisotopic (exact) mass is 329 g/mol. The summed E-state index contributed by atoms with van der Waals surface area (Å²) in [5.74, 6) is 0.607. The largest absolute Gasteiger partial charge is 0.383 e. The molecular formula is C13H20BrN3O2. The number of ether oxygens (including phenoxy) is 1. The molecule has 2 rings (SSSR count). The zero-order valence-corrected chi connectivity index (χ0v) is 12.9. The highest BCUT2D eigenvalue weighted by Crippen LogP contribution is 2.27. The van der Waals surface area contributed by atoms with E-state index >= 15 is 0 Å². The van der Waals surface area contributed by atoms with Gasteiger partial charge >= 0.3 is 0 Å². The third kappa shape index (κ3) is 3.57. The third-order valence-corrected chi connectivity index (χ3v) is 4.06. The highest BCUT2D eigenvalue weighted by atomic mass is 79.9. The lowest BCUT2D eigenvalue weighted by Gasteiger charge is -2.25. The van der Waals surface area contributed by atoms with Crippen molar-refractivity contribution in [3.63, 3.8) is 0 Å². The van der Waals surface area contributed by atoms with E-state index < -0.39 is 0 Å². The van der Waals surface area contributed by atoms with Crippen LogP contribution in [0.5, 0.6) is 0 Å². The van der Waals surface area contributed by atoms with Crippen molar-refractivity contribution < 1.29 is 4.74 Å². The highest BCUT2D eigenvalue weighted by molar-refractivity contribution is 9.10. The fourth-order valence-electron chi connectivity index (χ4n) is 2.19. The van der Waals surface area contributed by atoms with E-state index in [-0.39, 0.29) is 11.6 Å². The number of nitrogens with one attached hydrogen (secondary N) is 1. The summed E-state index contributed by atoms with van der Waals surface area (Å²) in [7, 11) is 1.65. The minimum Gasteiger partial charge on any atom is -0.383 e. The average molecular weight is 330 g/mol. The van der Waals surface area contributed by atoms with Gasteiger partial charge in [-0.2, -0.15) is 5.10 Å². The molecule has 6 heteroatoms. The van der Waals surface area contributed by atoms with Crippen molar-refractivity contribution in [2.24, 2.45) is 5.92 Å². The molecule has 0 aliphatic heterocycles. The van der Waals surface area contributed by atoms with Crippen LogP contribution in [0.2, 0.25) is 0 Å². The second-order valence-corrected chi connectivity index (χ2v) is 6.01. The lowest BCUT2D eigenvalue weighted by molar-refractivity contribution is 0.190. The van der Waals surface area contributed by atoms with E-state index in [4.69, 9.17) is 4.74 Å². The molecule has 0 aromatic carbocycles. The lowest BCUT2D eigenvalue weighted by Crippen LogP contribution is -2.33. The SMILES string of the molecule is COCC(C)Nc1c(Br)cnn(CC2CCC2)c1=O. The number of aromatic nitrogens is 2. The third-order valence-electron chi connectivity index (χ3n) is 3.46. The molecule has 106 valence electrons. The fraction of sp³-hybridized carbons (Fsp3) is 0.692. The van der Waals surface area contributed by atoms with Gasteiger partial charge in [0.1, 0.15) is 5.69 Å². The van der Waals surface area contributed by atoms with Crippen LogP contribution >= 0.6 is 15.9 Å². The van der Waals surface area contributed by atoms with Gasteiger partial charge in [-0.05, 0) is 41.6 Å². The van der Waals surface area contributed by atoms with Crippen LogP contribution in [-0.4, -0.2) is 29.5 Å². The number of hydrogen-bond donors (Lipinski definition) is 1. The molecule has 0 saturated heterocycles. The van der Waals surface area contributed by atoms with Crippen molar-refractivity contribution in [2.45, 2.75) is 38.8 Å². The Morgan fingerprint density at radius 2 is 2.37 bits per heavy atom. The Balaban J connectivity index is 2.16. The van der Waals surface area contributed by atoms with Crippen LogP contribution < -0.4 is 10.9 Å². The number of methoxy groups -OCH3 is 1. The number of anilines is 1. The van der Waals surface area contributed by atoms with Crippen LogP contribution in [0.15, 0.2) is 15.5 Å². The van der Waals surface area contributed by atoms with Crippen molar-refractivity contribution in [1.82, 2.24) is 9.78 Å². The molecule has 1 aliphatic rings. The maximum atomic E-state index is 12.4. The van der Waals surface area contributed by atoms with Gasteiger partial charge < -0.3 is 10.1 Å². The van der Waals surface area contributed by atoms with Crippen LogP contribution in [0.1, 0.15) is 26.2 Å². The Morgan fingerprint density at radius 1 is 1.63 bits per heavy atom. The first-order valence-electron chi connectivity index (χ1n) is 6.63. The first-order valence-corrected chi connectivity index (χ1v) is 7.42. The van der Waals surface area contributed by atoms with Gasteiger partial charge in [0.15, 0.2) is 0 Å². The molecule has 0 bridgehead atoms. The van der Waals surface area contributed by atoms with E-state index in [1.165, 1.54) is 19.3 Å². The summed E-state index contributed by atoms with van der Waals surface area (Å²) in [5, 5.41) is 7.38. The summed E-state index contributed by atoms with van der Waals surface area (Å²) in [6, 6.07) is 0.0774. The smallest absolute Gasteiger partial charge is 0.291 e. The molecule has 1 heterocycles. The molecule has 0 radical (unpaired) electrons. The van der Waals surface area contributed by atoms with Crippen molar-refractivity contribution in [3.8, 4) is 0 Å². The number of rotatable bonds is 6. The van der Waals surface area contributed by atoms with E-state index in [2.05, 4.69) is 26.3 Å². The minimum absolute atomic E-state index is 0.0655. The van der Waals surface area contributed by atoms with Crippen LogP contribution in [0.25, 0.3) is 0 Å². The number of halogens is 1. The van der Waals surface area contributed by atoms with Crippen LogP contribution in [0.3, 0.4) is 0 Å². The number of nitrogens with zero attached hydrogens (tertiary/aromatic N) is 2. The quantitative estimate of drug-likeness (QED) is 0.869. The standard InChI is InChI=1S/C13H20BrN3O2/c1-9(8-19-2)16-12-11(14)6-15-17(13(12)18)7-10-4-3-5-10/h6,9-10,16H,3-5,7-8H2,1-2H3. The van der Waals surface area contributed by atoms with Gasteiger partial charge in [0.05, 0.1) is 17.3 Å².